The van der Waals surface area contributed by atoms with E-state index in [0.29, 0.717) is 25.6 Å². The molecule has 0 aliphatic carbocycles. The minimum atomic E-state index is -3.19. The molecule has 0 saturated carbocycles. The summed E-state index contributed by atoms with van der Waals surface area (Å²) in [5.74, 6) is 0.467. The van der Waals surface area contributed by atoms with E-state index in [1.807, 2.05) is 18.9 Å². The number of guanidine groups is 1. The molecular formula is C15H25FN4O2S. The fourth-order valence-corrected chi connectivity index (χ4v) is 2.48. The molecule has 0 atom stereocenters. The highest BCUT2D eigenvalue weighted by Gasteiger charge is 2.08. The van der Waals surface area contributed by atoms with Crippen LogP contribution in [-0.2, 0) is 16.6 Å². The van der Waals surface area contributed by atoms with Crippen molar-refractivity contribution >= 4 is 16.0 Å². The van der Waals surface area contributed by atoms with E-state index in [4.69, 9.17) is 0 Å². The van der Waals surface area contributed by atoms with Crippen LogP contribution in [0.1, 0.15) is 19.4 Å². The molecule has 1 rings (SSSR count). The van der Waals surface area contributed by atoms with Gasteiger partial charge in [0.1, 0.15) is 5.82 Å². The molecule has 0 spiro atoms. The average molecular weight is 344 g/mol. The highest BCUT2D eigenvalue weighted by atomic mass is 32.2. The fraction of sp³-hybridized carbons (Fsp3) is 0.533. The Morgan fingerprint density at radius 1 is 1.26 bits per heavy atom. The maximum Gasteiger partial charge on any atom is 0.211 e. The Balaban J connectivity index is 2.61. The Hall–Kier alpha value is -1.67. The maximum atomic E-state index is 12.9. The topological polar surface area (TPSA) is 73.8 Å². The lowest BCUT2D eigenvalue weighted by molar-refractivity contribution is 0.476. The third-order valence-electron chi connectivity index (χ3n) is 3.10. The van der Waals surface area contributed by atoms with Crippen molar-refractivity contribution in [1.29, 1.82) is 0 Å². The van der Waals surface area contributed by atoms with Gasteiger partial charge in [0.25, 0.3) is 0 Å². The molecular weight excluding hydrogens is 319 g/mol. The third-order valence-corrected chi connectivity index (χ3v) is 4.51. The molecule has 1 aromatic carbocycles. The van der Waals surface area contributed by atoms with E-state index in [-0.39, 0.29) is 18.1 Å². The van der Waals surface area contributed by atoms with Crippen LogP contribution in [0.4, 0.5) is 4.39 Å². The normalized spacial score (nSPS) is 12.3. The van der Waals surface area contributed by atoms with Gasteiger partial charge in [0.15, 0.2) is 5.96 Å². The zero-order valence-corrected chi connectivity index (χ0v) is 14.7. The number of sulfonamides is 1. The summed E-state index contributed by atoms with van der Waals surface area (Å²) < 4.78 is 38.1. The second-order valence-corrected chi connectivity index (χ2v) is 7.11. The number of rotatable bonds is 8. The first-order chi connectivity index (χ1) is 10.9. The average Bonchev–Trinajstić information content (AvgIpc) is 2.52. The van der Waals surface area contributed by atoms with Gasteiger partial charge in [-0.15, -0.1) is 0 Å². The fourth-order valence-electron chi connectivity index (χ4n) is 1.87. The van der Waals surface area contributed by atoms with Crippen LogP contribution in [0.3, 0.4) is 0 Å². The van der Waals surface area contributed by atoms with Gasteiger partial charge in [0, 0.05) is 26.7 Å². The van der Waals surface area contributed by atoms with E-state index < -0.39 is 10.0 Å². The van der Waals surface area contributed by atoms with Crippen molar-refractivity contribution in [3.63, 3.8) is 0 Å². The molecule has 0 unspecified atom stereocenters. The van der Waals surface area contributed by atoms with E-state index in [1.165, 1.54) is 12.1 Å². The Morgan fingerprint density at radius 2 is 1.91 bits per heavy atom. The van der Waals surface area contributed by atoms with Gasteiger partial charge < -0.3 is 10.2 Å². The number of benzene rings is 1. The highest BCUT2D eigenvalue weighted by molar-refractivity contribution is 7.89. The van der Waals surface area contributed by atoms with Gasteiger partial charge in [-0.3, -0.25) is 4.99 Å². The zero-order chi connectivity index (χ0) is 17.3. The van der Waals surface area contributed by atoms with Crippen LogP contribution in [0, 0.1) is 5.82 Å². The molecule has 8 heteroatoms. The highest BCUT2D eigenvalue weighted by Crippen LogP contribution is 2.05. The van der Waals surface area contributed by atoms with Crippen LogP contribution in [0.15, 0.2) is 29.3 Å². The van der Waals surface area contributed by atoms with Gasteiger partial charge in [-0.2, -0.15) is 0 Å². The van der Waals surface area contributed by atoms with E-state index >= 15 is 0 Å². The molecule has 0 saturated heterocycles. The van der Waals surface area contributed by atoms with Crippen LogP contribution in [-0.4, -0.2) is 51.7 Å². The van der Waals surface area contributed by atoms with E-state index in [9.17, 15) is 12.8 Å². The molecule has 0 aromatic heterocycles. The minimum absolute atomic E-state index is 0.0568. The standard InChI is InChI=1S/C15H25FN4O2S/c1-4-17-15(18-10-11-19-23(21,22)5-2)20(3)12-13-6-8-14(16)9-7-13/h6-9,19H,4-5,10-12H2,1-3H3,(H,17,18). The lowest BCUT2D eigenvalue weighted by Gasteiger charge is -2.22. The molecule has 1 aromatic rings. The Bertz CT molecular complexity index is 602. The molecule has 0 aliphatic rings. The van der Waals surface area contributed by atoms with E-state index in [0.717, 1.165) is 5.56 Å². The number of aliphatic imine (C=N–C) groups is 1. The smallest absolute Gasteiger partial charge is 0.211 e. The summed E-state index contributed by atoms with van der Waals surface area (Å²) in [5, 5.41) is 3.15. The SMILES string of the molecule is CCNC(=NCCNS(=O)(=O)CC)N(C)Cc1ccc(F)cc1. The minimum Gasteiger partial charge on any atom is -0.357 e. The number of nitrogens with zero attached hydrogens (tertiary/aromatic N) is 2. The summed E-state index contributed by atoms with van der Waals surface area (Å²) in [6.45, 7) is 5.43. The summed E-state index contributed by atoms with van der Waals surface area (Å²) in [4.78, 5) is 6.30. The molecule has 0 aliphatic heterocycles. The second-order valence-electron chi connectivity index (χ2n) is 5.02. The lowest BCUT2D eigenvalue weighted by Crippen LogP contribution is -2.39. The van der Waals surface area contributed by atoms with Gasteiger partial charge in [-0.25, -0.2) is 17.5 Å². The number of hydrogen-bond donors (Lipinski definition) is 2. The van der Waals surface area contributed by atoms with Gasteiger partial charge in [-0.05, 0) is 31.5 Å². The van der Waals surface area contributed by atoms with Gasteiger partial charge >= 0.3 is 0 Å². The molecule has 2 N–H and O–H groups in total. The first-order valence-corrected chi connectivity index (χ1v) is 9.24. The van der Waals surface area contributed by atoms with Gasteiger partial charge in [0.05, 0.1) is 12.3 Å². The first-order valence-electron chi connectivity index (χ1n) is 7.59. The summed E-state index contributed by atoms with van der Waals surface area (Å²) in [6, 6.07) is 6.30. The van der Waals surface area contributed by atoms with Crippen molar-refractivity contribution in [1.82, 2.24) is 14.9 Å². The van der Waals surface area contributed by atoms with Crippen molar-refractivity contribution in [3.05, 3.63) is 35.6 Å². The predicted octanol–water partition coefficient (Wildman–Crippen LogP) is 1.16. The predicted molar refractivity (Wildman–Crippen MR) is 91.3 cm³/mol. The van der Waals surface area contributed by atoms with Crippen molar-refractivity contribution in [2.45, 2.75) is 20.4 Å². The van der Waals surface area contributed by atoms with E-state index in [1.54, 1.807) is 19.1 Å². The Morgan fingerprint density at radius 3 is 2.48 bits per heavy atom. The molecule has 0 heterocycles. The lowest BCUT2D eigenvalue weighted by atomic mass is 10.2. The monoisotopic (exact) mass is 344 g/mol. The van der Waals surface area contributed by atoms with Crippen molar-refractivity contribution in [2.75, 3.05) is 32.4 Å². The van der Waals surface area contributed by atoms with Crippen LogP contribution in [0.25, 0.3) is 0 Å². The van der Waals surface area contributed by atoms with Crippen LogP contribution < -0.4 is 10.0 Å². The van der Waals surface area contributed by atoms with Crippen LogP contribution in [0.5, 0.6) is 0 Å². The van der Waals surface area contributed by atoms with Crippen molar-refractivity contribution in [2.24, 2.45) is 4.99 Å². The van der Waals surface area contributed by atoms with Crippen molar-refractivity contribution in [3.8, 4) is 0 Å². The maximum absolute atomic E-state index is 12.9. The molecule has 0 bridgehead atoms. The van der Waals surface area contributed by atoms with Crippen molar-refractivity contribution < 1.29 is 12.8 Å². The second kappa shape index (κ2) is 9.46. The van der Waals surface area contributed by atoms with Crippen LogP contribution >= 0.6 is 0 Å². The molecule has 130 valence electrons. The number of halogens is 1. The van der Waals surface area contributed by atoms with Crippen LogP contribution in [0.2, 0.25) is 0 Å². The van der Waals surface area contributed by atoms with E-state index in [2.05, 4.69) is 15.0 Å². The molecule has 0 amide bonds. The first kappa shape index (κ1) is 19.4. The molecule has 0 fully saturated rings. The Kier molecular flexibility index (Phi) is 7.97. The molecule has 6 nitrogen and oxygen atoms in total. The molecule has 0 radical (unpaired) electrons. The summed E-state index contributed by atoms with van der Waals surface area (Å²) >= 11 is 0. The largest absolute Gasteiger partial charge is 0.357 e. The summed E-state index contributed by atoms with van der Waals surface area (Å²) in [7, 11) is -1.32. The molecule has 23 heavy (non-hydrogen) atoms. The summed E-state index contributed by atoms with van der Waals surface area (Å²) in [6.07, 6.45) is 0. The van der Waals surface area contributed by atoms with Gasteiger partial charge in [0.2, 0.25) is 10.0 Å². The summed E-state index contributed by atoms with van der Waals surface area (Å²) in [5.41, 5.74) is 0.964. The zero-order valence-electron chi connectivity index (χ0n) is 13.8. The Labute approximate surface area is 137 Å². The third kappa shape index (κ3) is 7.43. The number of hydrogen-bond acceptors (Lipinski definition) is 3. The quantitative estimate of drug-likeness (QED) is 0.422. The van der Waals surface area contributed by atoms with Gasteiger partial charge in [-0.1, -0.05) is 12.1 Å². The number of nitrogens with one attached hydrogen (secondary N) is 2.